The Balaban J connectivity index is 2.36. The lowest BCUT2D eigenvalue weighted by atomic mass is 10.1. The van der Waals surface area contributed by atoms with Gasteiger partial charge < -0.3 is 0 Å². The van der Waals surface area contributed by atoms with Crippen molar-refractivity contribution in [3.8, 4) is 0 Å². The molecule has 0 aliphatic rings. The molecule has 0 aliphatic heterocycles. The van der Waals surface area contributed by atoms with Crippen LogP contribution in [-0.2, 0) is 0 Å². The molecule has 1 atom stereocenters. The molecule has 0 saturated heterocycles. The molecule has 0 amide bonds. The van der Waals surface area contributed by atoms with Crippen LogP contribution >= 0.6 is 50.7 Å². The summed E-state index contributed by atoms with van der Waals surface area (Å²) in [6.07, 6.45) is 0. The fourth-order valence-corrected chi connectivity index (χ4v) is 3.00. The zero-order valence-corrected chi connectivity index (χ0v) is 12.5. The fourth-order valence-electron chi connectivity index (χ4n) is 1.52. The van der Waals surface area contributed by atoms with E-state index in [9.17, 15) is 0 Å². The summed E-state index contributed by atoms with van der Waals surface area (Å²) in [4.78, 5) is 0.0320. The molecule has 4 heteroatoms. The summed E-state index contributed by atoms with van der Waals surface area (Å²) in [6.45, 7) is 0. The van der Waals surface area contributed by atoms with Crippen molar-refractivity contribution in [2.75, 3.05) is 0 Å². The minimum Gasteiger partial charge on any atom is -0.0843 e. The second-order valence-corrected chi connectivity index (χ2v) is 5.78. The number of benzene rings is 2. The molecule has 2 aromatic carbocycles. The van der Waals surface area contributed by atoms with Crippen LogP contribution in [0.15, 0.2) is 42.5 Å². The monoisotopic (exact) mass is 348 g/mol. The van der Waals surface area contributed by atoms with Crippen molar-refractivity contribution in [1.82, 2.24) is 0 Å². The molecule has 88 valence electrons. The molecule has 0 saturated carbocycles. The molecule has 0 bridgehead atoms. The Labute approximate surface area is 124 Å². The van der Waals surface area contributed by atoms with Gasteiger partial charge >= 0.3 is 0 Å². The van der Waals surface area contributed by atoms with Gasteiger partial charge in [-0.15, -0.1) is 0 Å². The van der Waals surface area contributed by atoms with Crippen LogP contribution in [0.25, 0.3) is 0 Å². The predicted octanol–water partition coefficient (Wildman–Crippen LogP) is 6.13. The average Bonchev–Trinajstić information content (AvgIpc) is 2.29. The third-order valence-corrected chi connectivity index (χ3v) is 4.23. The van der Waals surface area contributed by atoms with Gasteiger partial charge in [0.15, 0.2) is 0 Å². The lowest BCUT2D eigenvalue weighted by Gasteiger charge is -2.12. The van der Waals surface area contributed by atoms with Gasteiger partial charge in [-0.25, -0.2) is 0 Å². The fraction of sp³-hybridized carbons (Fsp3) is 0.0769. The molecule has 0 heterocycles. The zero-order valence-electron chi connectivity index (χ0n) is 8.63. The molecule has 0 aliphatic carbocycles. The van der Waals surface area contributed by atoms with E-state index in [2.05, 4.69) is 15.9 Å². The molecule has 2 aromatic rings. The Morgan fingerprint density at radius 3 is 2.00 bits per heavy atom. The lowest BCUT2D eigenvalue weighted by molar-refractivity contribution is 1.18. The SMILES string of the molecule is Clc1ccc(C(Br)c2ccc(Cl)cc2Cl)cc1. The first-order chi connectivity index (χ1) is 8.08. The van der Waals surface area contributed by atoms with Crippen LogP contribution < -0.4 is 0 Å². The smallest absolute Gasteiger partial charge is 0.0659 e. The van der Waals surface area contributed by atoms with E-state index in [-0.39, 0.29) is 4.83 Å². The highest BCUT2D eigenvalue weighted by atomic mass is 79.9. The van der Waals surface area contributed by atoms with Crippen LogP contribution in [0.4, 0.5) is 0 Å². The van der Waals surface area contributed by atoms with Gasteiger partial charge in [0, 0.05) is 15.1 Å². The number of rotatable bonds is 2. The van der Waals surface area contributed by atoms with Crippen molar-refractivity contribution in [2.24, 2.45) is 0 Å². The first-order valence-electron chi connectivity index (χ1n) is 4.92. The second-order valence-electron chi connectivity index (χ2n) is 3.58. The van der Waals surface area contributed by atoms with Crippen molar-refractivity contribution >= 4 is 50.7 Å². The van der Waals surface area contributed by atoms with Crippen molar-refractivity contribution < 1.29 is 0 Å². The van der Waals surface area contributed by atoms with E-state index in [0.717, 1.165) is 16.1 Å². The molecule has 0 N–H and O–H groups in total. The molecule has 1 unspecified atom stereocenters. The minimum absolute atomic E-state index is 0.0320. The van der Waals surface area contributed by atoms with Crippen molar-refractivity contribution in [3.05, 3.63) is 68.7 Å². The van der Waals surface area contributed by atoms with Crippen LogP contribution in [0.3, 0.4) is 0 Å². The van der Waals surface area contributed by atoms with Crippen molar-refractivity contribution in [1.29, 1.82) is 0 Å². The molecule has 17 heavy (non-hydrogen) atoms. The Bertz CT molecular complexity index is 523. The van der Waals surface area contributed by atoms with Gasteiger partial charge in [0.1, 0.15) is 0 Å². The van der Waals surface area contributed by atoms with E-state index in [4.69, 9.17) is 34.8 Å². The number of halogens is 4. The van der Waals surface area contributed by atoms with Crippen LogP contribution in [0.2, 0.25) is 15.1 Å². The quantitative estimate of drug-likeness (QED) is 0.571. The number of alkyl halides is 1. The molecular formula is C13H8BrCl3. The Hall–Kier alpha value is -0.210. The molecular weight excluding hydrogens is 342 g/mol. The zero-order chi connectivity index (χ0) is 12.4. The highest BCUT2D eigenvalue weighted by Crippen LogP contribution is 2.36. The predicted molar refractivity (Wildman–Crippen MR) is 78.7 cm³/mol. The summed E-state index contributed by atoms with van der Waals surface area (Å²) in [7, 11) is 0. The average molecular weight is 350 g/mol. The largest absolute Gasteiger partial charge is 0.0843 e. The van der Waals surface area contributed by atoms with Gasteiger partial charge in [0.2, 0.25) is 0 Å². The van der Waals surface area contributed by atoms with Crippen LogP contribution in [0, 0.1) is 0 Å². The van der Waals surface area contributed by atoms with Crippen molar-refractivity contribution in [2.45, 2.75) is 4.83 Å². The van der Waals surface area contributed by atoms with Crippen LogP contribution in [0.1, 0.15) is 16.0 Å². The van der Waals surface area contributed by atoms with Gasteiger partial charge in [0.25, 0.3) is 0 Å². The third-order valence-electron chi connectivity index (χ3n) is 2.40. The Morgan fingerprint density at radius 2 is 1.41 bits per heavy atom. The summed E-state index contributed by atoms with van der Waals surface area (Å²) >= 11 is 21.5. The summed E-state index contributed by atoms with van der Waals surface area (Å²) < 4.78 is 0. The van der Waals surface area contributed by atoms with E-state index in [1.54, 1.807) is 6.07 Å². The summed E-state index contributed by atoms with van der Waals surface area (Å²) in [5.74, 6) is 0. The maximum atomic E-state index is 6.17. The van der Waals surface area contributed by atoms with E-state index >= 15 is 0 Å². The summed E-state index contributed by atoms with van der Waals surface area (Å²) in [5, 5.41) is 2.00. The van der Waals surface area contributed by atoms with E-state index < -0.39 is 0 Å². The van der Waals surface area contributed by atoms with Gasteiger partial charge in [-0.3, -0.25) is 0 Å². The van der Waals surface area contributed by atoms with E-state index in [0.29, 0.717) is 10.0 Å². The van der Waals surface area contributed by atoms with Crippen LogP contribution in [-0.4, -0.2) is 0 Å². The molecule has 0 nitrogen and oxygen atoms in total. The molecule has 2 rings (SSSR count). The highest BCUT2D eigenvalue weighted by molar-refractivity contribution is 9.09. The van der Waals surface area contributed by atoms with Crippen molar-refractivity contribution in [3.63, 3.8) is 0 Å². The van der Waals surface area contributed by atoms with E-state index in [1.165, 1.54) is 0 Å². The van der Waals surface area contributed by atoms with Gasteiger partial charge in [0.05, 0.1) is 4.83 Å². The molecule has 0 fully saturated rings. The summed E-state index contributed by atoms with van der Waals surface area (Å²) in [5.41, 5.74) is 2.08. The maximum absolute atomic E-state index is 6.17. The van der Waals surface area contributed by atoms with Gasteiger partial charge in [-0.2, -0.15) is 0 Å². The first-order valence-corrected chi connectivity index (χ1v) is 6.97. The van der Waals surface area contributed by atoms with Crippen LogP contribution in [0.5, 0.6) is 0 Å². The molecule has 0 radical (unpaired) electrons. The standard InChI is InChI=1S/C13H8BrCl3/c14-13(8-1-3-9(15)4-2-8)11-6-5-10(16)7-12(11)17/h1-7,13H. The normalized spacial score (nSPS) is 12.5. The third kappa shape index (κ3) is 3.17. The van der Waals surface area contributed by atoms with Gasteiger partial charge in [-0.05, 0) is 35.4 Å². The first kappa shape index (κ1) is 13.2. The topological polar surface area (TPSA) is 0 Å². The number of hydrogen-bond acceptors (Lipinski definition) is 0. The van der Waals surface area contributed by atoms with Gasteiger partial charge in [-0.1, -0.05) is 68.9 Å². The highest BCUT2D eigenvalue weighted by Gasteiger charge is 2.13. The molecule has 0 spiro atoms. The Morgan fingerprint density at radius 1 is 0.824 bits per heavy atom. The Kier molecular flexibility index (Phi) is 4.37. The number of hydrogen-bond donors (Lipinski definition) is 0. The summed E-state index contributed by atoms with van der Waals surface area (Å²) in [6, 6.07) is 13.1. The maximum Gasteiger partial charge on any atom is 0.0659 e. The molecule has 0 aromatic heterocycles. The lowest BCUT2D eigenvalue weighted by Crippen LogP contribution is -1.93. The minimum atomic E-state index is 0.0320. The second kappa shape index (κ2) is 5.62. The van der Waals surface area contributed by atoms with E-state index in [1.807, 2.05) is 36.4 Å².